The van der Waals surface area contributed by atoms with Gasteiger partial charge in [-0.2, -0.15) is 0 Å². The first-order valence-corrected chi connectivity index (χ1v) is 7.07. The molecule has 2 aromatic carbocycles. The number of nitrogens with one attached hydrogen (secondary N) is 1. The molecule has 0 heterocycles. The summed E-state index contributed by atoms with van der Waals surface area (Å²) in [5, 5.41) is 2.43. The van der Waals surface area contributed by atoms with E-state index in [0.29, 0.717) is 11.3 Å². The third kappa shape index (κ3) is 4.06. The highest BCUT2D eigenvalue weighted by Crippen LogP contribution is 2.22. The van der Waals surface area contributed by atoms with Crippen LogP contribution in [0.4, 0.5) is 14.9 Å². The zero-order valence-electron chi connectivity index (χ0n) is 12.9. The number of halogens is 1. The van der Waals surface area contributed by atoms with Gasteiger partial charge in [0.2, 0.25) is 0 Å². The molecule has 0 saturated carbocycles. The van der Waals surface area contributed by atoms with E-state index in [1.165, 1.54) is 12.1 Å². The molecule has 6 heteroatoms. The number of amides is 3. The molecule has 2 rings (SSSR count). The number of hydrogen-bond acceptors (Lipinski definition) is 2. The Morgan fingerprint density at radius 3 is 2.43 bits per heavy atom. The van der Waals surface area contributed by atoms with Gasteiger partial charge in [-0.15, -0.1) is 0 Å². The van der Waals surface area contributed by atoms with Crippen LogP contribution in [0.1, 0.15) is 28.9 Å². The molecule has 3 amide bonds. The summed E-state index contributed by atoms with van der Waals surface area (Å²) < 4.78 is 13.0. The predicted molar refractivity (Wildman–Crippen MR) is 86.6 cm³/mol. The molecule has 5 nitrogen and oxygen atoms in total. The molecular formula is C17H18FN3O2. The maximum absolute atomic E-state index is 13.0. The topological polar surface area (TPSA) is 75.4 Å². The van der Waals surface area contributed by atoms with Gasteiger partial charge in [-0.25, -0.2) is 9.18 Å². The van der Waals surface area contributed by atoms with Crippen molar-refractivity contribution in [2.75, 3.05) is 12.4 Å². The molecule has 0 saturated heterocycles. The molecule has 0 aliphatic rings. The summed E-state index contributed by atoms with van der Waals surface area (Å²) in [5.74, 6) is -0.532. The molecule has 0 aromatic heterocycles. The lowest BCUT2D eigenvalue weighted by Gasteiger charge is -2.25. The monoisotopic (exact) mass is 315 g/mol. The molecule has 0 spiro atoms. The smallest absolute Gasteiger partial charge is 0.316 e. The number of carbonyl (C=O) groups is 2. The second-order valence-corrected chi connectivity index (χ2v) is 5.21. The van der Waals surface area contributed by atoms with Gasteiger partial charge >= 0.3 is 6.03 Å². The Morgan fingerprint density at radius 2 is 1.83 bits per heavy atom. The highest BCUT2D eigenvalue weighted by molar-refractivity contribution is 5.96. The number of carbonyl (C=O) groups excluding carboxylic acids is 2. The predicted octanol–water partition coefficient (Wildman–Crippen LogP) is 3.15. The summed E-state index contributed by atoms with van der Waals surface area (Å²) >= 11 is 0. The van der Waals surface area contributed by atoms with E-state index in [9.17, 15) is 14.0 Å². The summed E-state index contributed by atoms with van der Waals surface area (Å²) in [5.41, 5.74) is 6.77. The molecular weight excluding hydrogens is 297 g/mol. The van der Waals surface area contributed by atoms with Crippen LogP contribution in [0.15, 0.2) is 48.5 Å². The Balaban J connectivity index is 2.18. The quantitative estimate of drug-likeness (QED) is 0.909. The number of rotatable bonds is 4. The van der Waals surface area contributed by atoms with E-state index in [1.807, 2.05) is 6.92 Å². The highest BCUT2D eigenvalue weighted by atomic mass is 19.1. The lowest BCUT2D eigenvalue weighted by molar-refractivity contribution is 0.0742. The van der Waals surface area contributed by atoms with Gasteiger partial charge in [-0.05, 0) is 42.8 Å². The Bertz CT molecular complexity index is 716. The average Bonchev–Trinajstić information content (AvgIpc) is 2.53. The third-order valence-electron chi connectivity index (χ3n) is 3.63. The number of nitrogens with zero attached hydrogens (tertiary/aromatic N) is 1. The van der Waals surface area contributed by atoms with Gasteiger partial charge in [0.25, 0.3) is 5.91 Å². The minimum absolute atomic E-state index is 0.213. The van der Waals surface area contributed by atoms with Gasteiger partial charge in [0.05, 0.1) is 6.04 Å². The summed E-state index contributed by atoms with van der Waals surface area (Å²) in [6, 6.07) is 11.6. The first-order chi connectivity index (χ1) is 10.9. The Hall–Kier alpha value is -2.89. The van der Waals surface area contributed by atoms with Crippen LogP contribution in [0, 0.1) is 5.82 Å². The molecule has 0 unspecified atom stereocenters. The summed E-state index contributed by atoms with van der Waals surface area (Å²) in [7, 11) is 1.67. The maximum atomic E-state index is 13.0. The van der Waals surface area contributed by atoms with Crippen LogP contribution in [0.25, 0.3) is 0 Å². The third-order valence-corrected chi connectivity index (χ3v) is 3.63. The Labute approximate surface area is 133 Å². The van der Waals surface area contributed by atoms with Gasteiger partial charge in [0.15, 0.2) is 0 Å². The molecule has 120 valence electrons. The van der Waals surface area contributed by atoms with E-state index in [2.05, 4.69) is 5.32 Å². The van der Waals surface area contributed by atoms with Crippen molar-refractivity contribution < 1.29 is 14.0 Å². The minimum atomic E-state index is -0.692. The van der Waals surface area contributed by atoms with Crippen LogP contribution in [0.2, 0.25) is 0 Å². The van der Waals surface area contributed by atoms with E-state index >= 15 is 0 Å². The van der Waals surface area contributed by atoms with Gasteiger partial charge in [0, 0.05) is 18.3 Å². The second kappa shape index (κ2) is 6.91. The zero-order chi connectivity index (χ0) is 17.0. The largest absolute Gasteiger partial charge is 0.351 e. The number of urea groups is 1. The van der Waals surface area contributed by atoms with Crippen molar-refractivity contribution in [3.05, 3.63) is 65.5 Å². The molecule has 1 atom stereocenters. The van der Waals surface area contributed by atoms with Crippen molar-refractivity contribution in [3.63, 3.8) is 0 Å². The minimum Gasteiger partial charge on any atom is -0.351 e. The van der Waals surface area contributed by atoms with Gasteiger partial charge < -0.3 is 16.0 Å². The van der Waals surface area contributed by atoms with E-state index in [-0.39, 0.29) is 17.8 Å². The van der Waals surface area contributed by atoms with E-state index in [1.54, 1.807) is 48.3 Å². The number of nitrogens with two attached hydrogens (primary N) is 1. The zero-order valence-corrected chi connectivity index (χ0v) is 12.9. The first-order valence-electron chi connectivity index (χ1n) is 7.07. The van der Waals surface area contributed by atoms with Crippen molar-refractivity contribution in [2.24, 2.45) is 5.73 Å². The lowest BCUT2D eigenvalue weighted by Crippen LogP contribution is -2.29. The number of primary amides is 1. The van der Waals surface area contributed by atoms with Crippen molar-refractivity contribution in [2.45, 2.75) is 13.0 Å². The van der Waals surface area contributed by atoms with Crippen LogP contribution in [0.5, 0.6) is 0 Å². The van der Waals surface area contributed by atoms with Crippen LogP contribution in [-0.4, -0.2) is 23.9 Å². The SMILES string of the molecule is C[C@H](c1ccc(F)cc1)N(C)C(=O)c1cccc(NC(N)=O)c1. The Kier molecular flexibility index (Phi) is 4.95. The van der Waals surface area contributed by atoms with Crippen LogP contribution >= 0.6 is 0 Å². The van der Waals surface area contributed by atoms with Crippen LogP contribution in [-0.2, 0) is 0 Å². The first kappa shape index (κ1) is 16.5. The molecule has 0 radical (unpaired) electrons. The molecule has 0 bridgehead atoms. The molecule has 3 N–H and O–H groups in total. The number of benzene rings is 2. The molecule has 0 aliphatic heterocycles. The highest BCUT2D eigenvalue weighted by Gasteiger charge is 2.19. The van der Waals surface area contributed by atoms with Crippen LogP contribution < -0.4 is 11.1 Å². The molecule has 0 aliphatic carbocycles. The molecule has 2 aromatic rings. The summed E-state index contributed by atoms with van der Waals surface area (Å²) in [6.45, 7) is 1.86. The van der Waals surface area contributed by atoms with Gasteiger partial charge in [-0.1, -0.05) is 18.2 Å². The van der Waals surface area contributed by atoms with Gasteiger partial charge in [-0.3, -0.25) is 4.79 Å². The maximum Gasteiger partial charge on any atom is 0.316 e. The average molecular weight is 315 g/mol. The van der Waals surface area contributed by atoms with Crippen molar-refractivity contribution in [1.82, 2.24) is 4.90 Å². The van der Waals surface area contributed by atoms with E-state index in [4.69, 9.17) is 5.73 Å². The van der Waals surface area contributed by atoms with Crippen molar-refractivity contribution in [1.29, 1.82) is 0 Å². The normalized spacial score (nSPS) is 11.6. The number of anilines is 1. The summed E-state index contributed by atoms with van der Waals surface area (Å²) in [4.78, 5) is 25.0. The van der Waals surface area contributed by atoms with Gasteiger partial charge in [0.1, 0.15) is 5.82 Å². The lowest BCUT2D eigenvalue weighted by atomic mass is 10.1. The fourth-order valence-electron chi connectivity index (χ4n) is 2.22. The second-order valence-electron chi connectivity index (χ2n) is 5.21. The van der Waals surface area contributed by atoms with E-state index in [0.717, 1.165) is 5.56 Å². The number of hydrogen-bond donors (Lipinski definition) is 2. The van der Waals surface area contributed by atoms with Crippen LogP contribution in [0.3, 0.4) is 0 Å². The Morgan fingerprint density at radius 1 is 1.17 bits per heavy atom. The van der Waals surface area contributed by atoms with Crippen molar-refractivity contribution in [3.8, 4) is 0 Å². The fourth-order valence-corrected chi connectivity index (χ4v) is 2.22. The standard InChI is InChI=1S/C17H18FN3O2/c1-11(12-6-8-14(18)9-7-12)21(2)16(22)13-4-3-5-15(10-13)20-17(19)23/h3-11H,1-2H3,(H3,19,20,23)/t11-/m1/s1. The molecule has 0 fully saturated rings. The molecule has 23 heavy (non-hydrogen) atoms. The summed E-state index contributed by atoms with van der Waals surface area (Å²) in [6.07, 6.45) is 0. The van der Waals surface area contributed by atoms with E-state index < -0.39 is 6.03 Å². The fraction of sp³-hybridized carbons (Fsp3) is 0.176. The van der Waals surface area contributed by atoms with Crippen molar-refractivity contribution >= 4 is 17.6 Å².